The van der Waals surface area contributed by atoms with Gasteiger partial charge in [-0.05, 0) is 44.1 Å². The van der Waals surface area contributed by atoms with Crippen LogP contribution >= 0.6 is 11.8 Å². The maximum Gasteiger partial charge on any atom is 0.326 e. The summed E-state index contributed by atoms with van der Waals surface area (Å²) < 4.78 is 0. The highest BCUT2D eigenvalue weighted by molar-refractivity contribution is 7.98. The number of hydrogen-bond acceptors (Lipinski definition) is 7. The third kappa shape index (κ3) is 12.3. The Kier molecular flexibility index (Phi) is 14.9. The Balaban J connectivity index is 5.19. The molecule has 0 aliphatic rings. The quantitative estimate of drug-likeness (QED) is 0.0779. The average molecular weight is 490 g/mol. The predicted molar refractivity (Wildman–Crippen MR) is 129 cm³/mol. The van der Waals surface area contributed by atoms with E-state index in [1.807, 2.05) is 13.2 Å². The molecule has 33 heavy (non-hydrogen) atoms. The Morgan fingerprint density at radius 2 is 1.64 bits per heavy atom. The summed E-state index contributed by atoms with van der Waals surface area (Å²) in [5, 5.41) is 17.0. The number of rotatable bonds is 16. The molecule has 0 spiro atoms. The molecule has 0 aliphatic heterocycles. The number of amides is 3. The van der Waals surface area contributed by atoms with Gasteiger partial charge in [0.15, 0.2) is 5.96 Å². The lowest BCUT2D eigenvalue weighted by atomic mass is 9.99. The molecule has 5 atom stereocenters. The molecular formula is C20H39N7O5S. The van der Waals surface area contributed by atoms with Crippen LogP contribution in [0.25, 0.3) is 0 Å². The van der Waals surface area contributed by atoms with E-state index in [4.69, 9.17) is 17.2 Å². The van der Waals surface area contributed by atoms with Gasteiger partial charge in [0.1, 0.15) is 18.1 Å². The summed E-state index contributed by atoms with van der Waals surface area (Å²) in [7, 11) is 0. The second-order valence-electron chi connectivity index (χ2n) is 7.84. The minimum atomic E-state index is -1.15. The molecule has 0 fully saturated rings. The molecular weight excluding hydrogens is 450 g/mol. The van der Waals surface area contributed by atoms with Crippen molar-refractivity contribution in [3.05, 3.63) is 0 Å². The predicted octanol–water partition coefficient (Wildman–Crippen LogP) is -1.27. The molecule has 0 heterocycles. The fourth-order valence-electron chi connectivity index (χ4n) is 2.77. The Morgan fingerprint density at radius 3 is 2.15 bits per heavy atom. The van der Waals surface area contributed by atoms with E-state index in [0.29, 0.717) is 25.0 Å². The highest BCUT2D eigenvalue weighted by Gasteiger charge is 2.30. The zero-order valence-electron chi connectivity index (χ0n) is 19.8. The number of carbonyl (C=O) groups is 4. The zero-order valence-corrected chi connectivity index (χ0v) is 20.6. The van der Waals surface area contributed by atoms with Crippen LogP contribution in [-0.2, 0) is 19.2 Å². The first kappa shape index (κ1) is 30.5. The molecule has 0 radical (unpaired) electrons. The fourth-order valence-corrected chi connectivity index (χ4v) is 3.26. The fraction of sp³-hybridized carbons (Fsp3) is 0.750. The molecule has 10 N–H and O–H groups in total. The first-order valence-corrected chi connectivity index (χ1v) is 12.3. The Hall–Kier alpha value is -2.54. The molecule has 13 heteroatoms. The van der Waals surface area contributed by atoms with Crippen molar-refractivity contribution >= 4 is 41.4 Å². The third-order valence-corrected chi connectivity index (χ3v) is 5.72. The standard InChI is InChI=1S/C20H39N7O5S/c1-5-11(2)15(19(31)32)27-16(28)12(3)25-18(30)14(7-6-9-24-20(22)23)26-17(29)13(21)8-10-33-4/h11-15H,5-10,21H2,1-4H3,(H,25,30)(H,26,29)(H,27,28)(H,31,32)(H4,22,23,24). The van der Waals surface area contributed by atoms with Crippen LogP contribution in [0.4, 0.5) is 0 Å². The van der Waals surface area contributed by atoms with Crippen LogP contribution in [0.15, 0.2) is 4.99 Å². The number of carbonyl (C=O) groups excluding carboxylic acids is 3. The Labute approximate surface area is 199 Å². The molecule has 0 saturated carbocycles. The summed E-state index contributed by atoms with van der Waals surface area (Å²) in [6.07, 6.45) is 3.50. The number of hydrogen-bond donors (Lipinski definition) is 7. The number of guanidine groups is 1. The Morgan fingerprint density at radius 1 is 1.00 bits per heavy atom. The smallest absolute Gasteiger partial charge is 0.326 e. The molecule has 0 aromatic heterocycles. The number of carboxylic acids is 1. The van der Waals surface area contributed by atoms with E-state index in [1.54, 1.807) is 18.7 Å². The second-order valence-corrected chi connectivity index (χ2v) is 8.82. The van der Waals surface area contributed by atoms with E-state index in [1.165, 1.54) is 6.92 Å². The monoisotopic (exact) mass is 489 g/mol. The SMILES string of the molecule is CCC(C)C(NC(=O)C(C)NC(=O)C(CCCN=C(N)N)NC(=O)C(N)CCSC)C(=O)O. The summed E-state index contributed by atoms with van der Waals surface area (Å²) in [5.74, 6) is -2.56. The van der Waals surface area contributed by atoms with E-state index in [0.717, 1.165) is 0 Å². The van der Waals surface area contributed by atoms with Crippen LogP contribution in [0.1, 0.15) is 46.5 Å². The van der Waals surface area contributed by atoms with Gasteiger partial charge < -0.3 is 38.3 Å². The van der Waals surface area contributed by atoms with Crippen molar-refractivity contribution in [3.8, 4) is 0 Å². The van der Waals surface area contributed by atoms with Crippen LogP contribution in [0.3, 0.4) is 0 Å². The number of aliphatic carboxylic acids is 1. The molecule has 0 bridgehead atoms. The minimum absolute atomic E-state index is 0.0845. The van der Waals surface area contributed by atoms with Crippen LogP contribution in [-0.4, -0.2) is 77.5 Å². The molecule has 0 aromatic rings. The van der Waals surface area contributed by atoms with Gasteiger partial charge in [0.25, 0.3) is 0 Å². The van der Waals surface area contributed by atoms with Crippen LogP contribution in [0.2, 0.25) is 0 Å². The number of nitrogens with two attached hydrogens (primary N) is 3. The minimum Gasteiger partial charge on any atom is -0.480 e. The average Bonchev–Trinajstić information content (AvgIpc) is 2.76. The van der Waals surface area contributed by atoms with Gasteiger partial charge in [0.05, 0.1) is 6.04 Å². The number of thioether (sulfide) groups is 1. The van der Waals surface area contributed by atoms with Gasteiger partial charge in [-0.15, -0.1) is 0 Å². The summed E-state index contributed by atoms with van der Waals surface area (Å²) in [4.78, 5) is 53.0. The van der Waals surface area contributed by atoms with Gasteiger partial charge in [-0.1, -0.05) is 20.3 Å². The van der Waals surface area contributed by atoms with Gasteiger partial charge in [-0.3, -0.25) is 19.4 Å². The van der Waals surface area contributed by atoms with E-state index in [9.17, 15) is 24.3 Å². The maximum absolute atomic E-state index is 12.8. The van der Waals surface area contributed by atoms with Crippen LogP contribution in [0, 0.1) is 5.92 Å². The van der Waals surface area contributed by atoms with E-state index < -0.39 is 47.9 Å². The number of nitrogens with zero attached hydrogens (tertiary/aromatic N) is 1. The molecule has 0 aliphatic carbocycles. The van der Waals surface area contributed by atoms with Crippen molar-refractivity contribution in [1.82, 2.24) is 16.0 Å². The van der Waals surface area contributed by atoms with Gasteiger partial charge in [0.2, 0.25) is 17.7 Å². The molecule has 0 rings (SSSR count). The molecule has 12 nitrogen and oxygen atoms in total. The maximum atomic E-state index is 12.8. The number of carboxylic acid groups (broad SMARTS) is 1. The van der Waals surface area contributed by atoms with Crippen molar-refractivity contribution < 1.29 is 24.3 Å². The summed E-state index contributed by atoms with van der Waals surface area (Å²) in [5.41, 5.74) is 16.5. The van der Waals surface area contributed by atoms with E-state index in [-0.39, 0.29) is 24.8 Å². The van der Waals surface area contributed by atoms with Crippen LogP contribution in [0.5, 0.6) is 0 Å². The van der Waals surface area contributed by atoms with E-state index >= 15 is 0 Å². The lowest BCUT2D eigenvalue weighted by Gasteiger charge is -2.25. The lowest BCUT2D eigenvalue weighted by Crippen LogP contribution is -2.57. The third-order valence-electron chi connectivity index (χ3n) is 5.08. The van der Waals surface area contributed by atoms with Gasteiger partial charge in [-0.25, -0.2) is 4.79 Å². The summed E-state index contributed by atoms with van der Waals surface area (Å²) in [6.45, 7) is 5.22. The van der Waals surface area contributed by atoms with Crippen molar-refractivity contribution in [2.24, 2.45) is 28.1 Å². The summed E-state index contributed by atoms with van der Waals surface area (Å²) >= 11 is 1.55. The first-order valence-electron chi connectivity index (χ1n) is 10.9. The molecule has 5 unspecified atom stereocenters. The van der Waals surface area contributed by atoms with Gasteiger partial charge >= 0.3 is 5.97 Å². The van der Waals surface area contributed by atoms with Crippen LogP contribution < -0.4 is 33.2 Å². The van der Waals surface area contributed by atoms with Crippen molar-refractivity contribution in [3.63, 3.8) is 0 Å². The first-order chi connectivity index (χ1) is 15.4. The molecule has 3 amide bonds. The van der Waals surface area contributed by atoms with Crippen molar-refractivity contribution in [2.75, 3.05) is 18.6 Å². The number of aliphatic imine (C=N–C) groups is 1. The van der Waals surface area contributed by atoms with Gasteiger partial charge in [0, 0.05) is 6.54 Å². The van der Waals surface area contributed by atoms with Crippen molar-refractivity contribution in [2.45, 2.75) is 70.6 Å². The highest BCUT2D eigenvalue weighted by atomic mass is 32.2. The van der Waals surface area contributed by atoms with Gasteiger partial charge in [-0.2, -0.15) is 11.8 Å². The second kappa shape index (κ2) is 16.1. The number of nitrogens with one attached hydrogen (secondary N) is 3. The lowest BCUT2D eigenvalue weighted by molar-refractivity contribution is -0.143. The summed E-state index contributed by atoms with van der Waals surface area (Å²) in [6, 6.07) is -3.85. The normalized spacial score (nSPS) is 15.3. The largest absolute Gasteiger partial charge is 0.480 e. The van der Waals surface area contributed by atoms with E-state index in [2.05, 4.69) is 20.9 Å². The molecule has 0 aromatic carbocycles. The Bertz CT molecular complexity index is 688. The molecule has 0 saturated heterocycles. The molecule has 190 valence electrons. The topological polar surface area (TPSA) is 215 Å². The highest BCUT2D eigenvalue weighted by Crippen LogP contribution is 2.08. The zero-order chi connectivity index (χ0) is 25.6. The van der Waals surface area contributed by atoms with Crippen molar-refractivity contribution in [1.29, 1.82) is 0 Å².